The molecule has 3 heteroatoms. The third kappa shape index (κ3) is 1.62. The molecule has 2 aliphatic rings. The molecule has 0 amide bonds. The van der Waals surface area contributed by atoms with E-state index in [2.05, 4.69) is 55.3 Å². The first-order valence-electron chi connectivity index (χ1n) is 5.17. The molecule has 0 spiro atoms. The minimum Gasteiger partial charge on any atom is -0.330 e. The maximum atomic E-state index is 2.36. The Balaban J connectivity index is 0.000000963. The van der Waals surface area contributed by atoms with E-state index in [4.69, 9.17) is 0 Å². The van der Waals surface area contributed by atoms with Gasteiger partial charge in [-0.25, -0.2) is 0 Å². The lowest BCUT2D eigenvalue weighted by atomic mass is 10.1. The Morgan fingerprint density at radius 1 is 1.19 bits per heavy atom. The summed E-state index contributed by atoms with van der Waals surface area (Å²) in [6.45, 7) is 4.42. The zero-order valence-corrected chi connectivity index (χ0v) is 11.8. The van der Waals surface area contributed by atoms with E-state index < -0.39 is 0 Å². The number of nitrogens with zero attached hydrogens (tertiary/aromatic N) is 1. The Morgan fingerprint density at radius 2 is 1.94 bits per heavy atom. The van der Waals surface area contributed by atoms with Crippen molar-refractivity contribution in [2.75, 3.05) is 4.90 Å². The fraction of sp³-hybridized carbons (Fsp3) is 0.231. The molecule has 2 aliphatic heterocycles. The van der Waals surface area contributed by atoms with Crippen LogP contribution in [-0.2, 0) is 0 Å². The van der Waals surface area contributed by atoms with Crippen LogP contribution in [0.3, 0.4) is 0 Å². The lowest BCUT2D eigenvalue weighted by Crippen LogP contribution is -2.27. The van der Waals surface area contributed by atoms with Gasteiger partial charge in [-0.3, -0.25) is 0 Å². The van der Waals surface area contributed by atoms with Crippen molar-refractivity contribution in [2.45, 2.75) is 24.1 Å². The summed E-state index contributed by atoms with van der Waals surface area (Å²) in [6, 6.07) is 8.62. The molecule has 84 valence electrons. The van der Waals surface area contributed by atoms with Gasteiger partial charge in [0.15, 0.2) is 0 Å². The summed E-state index contributed by atoms with van der Waals surface area (Å²) >= 11 is 1.95. The lowest BCUT2D eigenvalue weighted by molar-refractivity contribution is 0.947. The highest BCUT2D eigenvalue weighted by Gasteiger charge is 2.31. The minimum atomic E-state index is 0. The van der Waals surface area contributed by atoms with Crippen molar-refractivity contribution in [3.63, 3.8) is 0 Å². The summed E-state index contributed by atoms with van der Waals surface area (Å²) in [4.78, 5) is 3.75. The molecular weight excluding hydrogens is 282 g/mol. The van der Waals surface area contributed by atoms with Gasteiger partial charge in [0.1, 0.15) is 5.37 Å². The molecule has 1 nitrogen and oxygen atoms in total. The standard InChI is InChI=1S/C13H13NS.BrH/c1-9-7-8-14-11-5-3-4-6-12(11)15-13(14)10(9)2;/h3-8,13H,1-2H3;1H. The van der Waals surface area contributed by atoms with Gasteiger partial charge in [-0.1, -0.05) is 23.9 Å². The number of rotatable bonds is 0. The normalized spacial score (nSPS) is 21.6. The first kappa shape index (κ1) is 11.8. The Hall–Kier alpha value is -0.670. The highest BCUT2D eigenvalue weighted by atomic mass is 79.9. The number of hydrogen-bond donors (Lipinski definition) is 0. The molecule has 0 aromatic heterocycles. The van der Waals surface area contributed by atoms with Crippen LogP contribution in [0.4, 0.5) is 5.69 Å². The second kappa shape index (κ2) is 4.30. The van der Waals surface area contributed by atoms with Crippen LogP contribution < -0.4 is 4.90 Å². The Bertz CT molecular complexity index is 479. The molecule has 3 rings (SSSR count). The minimum absolute atomic E-state index is 0. The average Bonchev–Trinajstić information content (AvgIpc) is 2.63. The van der Waals surface area contributed by atoms with E-state index in [0.717, 1.165) is 0 Å². The summed E-state index contributed by atoms with van der Waals surface area (Å²) < 4.78 is 0. The molecule has 0 fully saturated rings. The van der Waals surface area contributed by atoms with Crippen molar-refractivity contribution in [3.05, 3.63) is 47.7 Å². The van der Waals surface area contributed by atoms with E-state index in [9.17, 15) is 0 Å². The molecule has 1 aromatic rings. The van der Waals surface area contributed by atoms with Crippen molar-refractivity contribution >= 4 is 34.4 Å². The smallest absolute Gasteiger partial charge is 0.106 e. The fourth-order valence-corrected chi connectivity index (χ4v) is 3.40. The van der Waals surface area contributed by atoms with E-state index >= 15 is 0 Å². The molecule has 0 saturated carbocycles. The van der Waals surface area contributed by atoms with Gasteiger partial charge in [-0.05, 0) is 43.2 Å². The quantitative estimate of drug-likeness (QED) is 0.699. The highest BCUT2D eigenvalue weighted by Crippen LogP contribution is 2.47. The fourth-order valence-electron chi connectivity index (χ4n) is 2.05. The second-order valence-corrected chi connectivity index (χ2v) is 5.15. The van der Waals surface area contributed by atoms with Gasteiger partial charge in [-0.15, -0.1) is 17.0 Å². The SMILES string of the molecule is Br.CC1=C(C)C2Sc3ccccc3N2C=C1. The molecule has 1 aromatic carbocycles. The molecule has 16 heavy (non-hydrogen) atoms. The van der Waals surface area contributed by atoms with Crippen LogP contribution in [0.25, 0.3) is 0 Å². The number of anilines is 1. The predicted octanol–water partition coefficient (Wildman–Crippen LogP) is 4.37. The molecule has 1 unspecified atom stereocenters. The van der Waals surface area contributed by atoms with E-state index in [1.54, 1.807) is 0 Å². The Kier molecular flexibility index (Phi) is 3.17. The number of fused-ring (bicyclic) bond motifs is 3. The van der Waals surface area contributed by atoms with Gasteiger partial charge in [0.05, 0.1) is 5.69 Å². The molecule has 0 aliphatic carbocycles. The van der Waals surface area contributed by atoms with Crippen molar-refractivity contribution in [1.82, 2.24) is 0 Å². The lowest BCUT2D eigenvalue weighted by Gasteiger charge is -2.27. The summed E-state index contributed by atoms with van der Waals surface area (Å²) in [5, 5.41) is 0.479. The topological polar surface area (TPSA) is 3.24 Å². The van der Waals surface area contributed by atoms with Gasteiger partial charge in [0, 0.05) is 11.1 Å². The molecule has 1 atom stereocenters. The largest absolute Gasteiger partial charge is 0.330 e. The number of allylic oxidation sites excluding steroid dienone is 2. The zero-order chi connectivity index (χ0) is 10.4. The number of halogens is 1. The Morgan fingerprint density at radius 3 is 2.75 bits per heavy atom. The third-order valence-electron chi connectivity index (χ3n) is 3.11. The second-order valence-electron chi connectivity index (χ2n) is 4.03. The van der Waals surface area contributed by atoms with E-state index in [1.807, 2.05) is 11.8 Å². The maximum absolute atomic E-state index is 2.36. The molecule has 0 radical (unpaired) electrons. The first-order valence-corrected chi connectivity index (χ1v) is 6.05. The summed E-state index contributed by atoms with van der Waals surface area (Å²) in [5.74, 6) is 0. The molecule has 0 N–H and O–H groups in total. The average molecular weight is 296 g/mol. The van der Waals surface area contributed by atoms with E-state index in [0.29, 0.717) is 5.37 Å². The monoisotopic (exact) mass is 295 g/mol. The van der Waals surface area contributed by atoms with Crippen LogP contribution in [0.2, 0.25) is 0 Å². The van der Waals surface area contributed by atoms with Crippen LogP contribution in [0.5, 0.6) is 0 Å². The van der Waals surface area contributed by atoms with Gasteiger partial charge in [-0.2, -0.15) is 0 Å². The van der Waals surface area contributed by atoms with Crippen molar-refractivity contribution in [1.29, 1.82) is 0 Å². The van der Waals surface area contributed by atoms with Crippen LogP contribution in [0.1, 0.15) is 13.8 Å². The van der Waals surface area contributed by atoms with Crippen LogP contribution in [0, 0.1) is 0 Å². The highest BCUT2D eigenvalue weighted by molar-refractivity contribution is 8.93. The van der Waals surface area contributed by atoms with Crippen LogP contribution in [0.15, 0.2) is 52.6 Å². The van der Waals surface area contributed by atoms with Crippen molar-refractivity contribution in [3.8, 4) is 0 Å². The van der Waals surface area contributed by atoms with Gasteiger partial charge >= 0.3 is 0 Å². The van der Waals surface area contributed by atoms with Crippen molar-refractivity contribution < 1.29 is 0 Å². The van der Waals surface area contributed by atoms with Gasteiger partial charge in [0.2, 0.25) is 0 Å². The molecular formula is C13H14BrNS. The van der Waals surface area contributed by atoms with Crippen LogP contribution >= 0.6 is 28.7 Å². The maximum Gasteiger partial charge on any atom is 0.106 e. The number of hydrogen-bond acceptors (Lipinski definition) is 2. The van der Waals surface area contributed by atoms with Gasteiger partial charge < -0.3 is 4.90 Å². The molecule has 0 bridgehead atoms. The molecule has 2 heterocycles. The number of benzene rings is 1. The summed E-state index contributed by atoms with van der Waals surface area (Å²) in [6.07, 6.45) is 4.40. The van der Waals surface area contributed by atoms with Crippen molar-refractivity contribution in [2.24, 2.45) is 0 Å². The number of thioether (sulfide) groups is 1. The summed E-state index contributed by atoms with van der Waals surface area (Å²) in [5.41, 5.74) is 4.21. The summed E-state index contributed by atoms with van der Waals surface area (Å²) in [7, 11) is 0. The predicted molar refractivity (Wildman–Crippen MR) is 76.4 cm³/mol. The third-order valence-corrected chi connectivity index (χ3v) is 4.52. The molecule has 0 saturated heterocycles. The van der Waals surface area contributed by atoms with Crippen LogP contribution in [-0.4, -0.2) is 5.37 Å². The first-order chi connectivity index (χ1) is 7.27. The van der Waals surface area contributed by atoms with E-state index in [-0.39, 0.29) is 17.0 Å². The van der Waals surface area contributed by atoms with E-state index in [1.165, 1.54) is 21.7 Å². The Labute approximate surface area is 111 Å². The zero-order valence-electron chi connectivity index (χ0n) is 9.31. The number of para-hydroxylation sites is 1. The van der Waals surface area contributed by atoms with Gasteiger partial charge in [0.25, 0.3) is 0 Å².